The molecule has 0 bridgehead atoms. The van der Waals surface area contributed by atoms with Gasteiger partial charge in [0.15, 0.2) is 0 Å². The van der Waals surface area contributed by atoms with E-state index >= 15 is 0 Å². The number of carbonyl (C=O) groups is 1. The Morgan fingerprint density at radius 3 is 2.58 bits per heavy atom. The minimum atomic E-state index is -0.521. The van der Waals surface area contributed by atoms with Crippen molar-refractivity contribution < 1.29 is 23.4 Å². The first kappa shape index (κ1) is 23.8. The fourth-order valence-corrected chi connectivity index (χ4v) is 4.54. The molecule has 8 heteroatoms. The van der Waals surface area contributed by atoms with Crippen molar-refractivity contribution in [3.8, 4) is 5.75 Å². The average molecular weight is 477 g/mol. The van der Waals surface area contributed by atoms with Crippen LogP contribution in [-0.4, -0.2) is 60.4 Å². The summed E-state index contributed by atoms with van der Waals surface area (Å²) in [5.74, 6) is 0.451. The third-order valence-corrected chi connectivity index (χ3v) is 5.96. The van der Waals surface area contributed by atoms with Crippen LogP contribution in [0.5, 0.6) is 5.75 Å². The van der Waals surface area contributed by atoms with Gasteiger partial charge in [-0.3, -0.25) is 4.90 Å². The summed E-state index contributed by atoms with van der Waals surface area (Å²) in [4.78, 5) is 16.5. The van der Waals surface area contributed by atoms with Crippen LogP contribution in [-0.2, 0) is 16.1 Å². The zero-order valence-corrected chi connectivity index (χ0v) is 20.0. The van der Waals surface area contributed by atoms with Crippen LogP contribution in [0.3, 0.4) is 0 Å². The molecule has 0 radical (unpaired) electrons. The Kier molecular flexibility index (Phi) is 7.12. The minimum Gasteiger partial charge on any atom is -0.490 e. The molecule has 1 amide bonds. The lowest BCUT2D eigenvalue weighted by Gasteiger charge is -2.44. The topological polar surface area (TPSA) is 51.2 Å². The summed E-state index contributed by atoms with van der Waals surface area (Å²) in [6, 6.07) is 12.3. The molecule has 4 rings (SSSR count). The summed E-state index contributed by atoms with van der Waals surface area (Å²) in [6.07, 6.45) is -0.541. The first-order valence-corrected chi connectivity index (χ1v) is 11.6. The number of benzene rings is 2. The summed E-state index contributed by atoms with van der Waals surface area (Å²) in [6.45, 7) is 8.73. The summed E-state index contributed by atoms with van der Waals surface area (Å²) < 4.78 is 31.5. The van der Waals surface area contributed by atoms with Crippen LogP contribution < -0.4 is 4.74 Å². The van der Waals surface area contributed by atoms with Crippen LogP contribution >= 0.6 is 11.6 Å². The summed E-state index contributed by atoms with van der Waals surface area (Å²) in [5, 5.41) is 0.341. The highest BCUT2D eigenvalue weighted by Crippen LogP contribution is 2.38. The average Bonchev–Trinajstić information content (AvgIpc) is 2.75. The molecule has 0 aliphatic carbocycles. The summed E-state index contributed by atoms with van der Waals surface area (Å²) in [7, 11) is 0. The number of hydrogen-bond acceptors (Lipinski definition) is 5. The Hall–Kier alpha value is -2.35. The van der Waals surface area contributed by atoms with Gasteiger partial charge in [-0.05, 0) is 50.6 Å². The number of nitrogens with zero attached hydrogens (tertiary/aromatic N) is 2. The zero-order valence-electron chi connectivity index (χ0n) is 19.2. The molecule has 2 atom stereocenters. The number of piperazine rings is 1. The van der Waals surface area contributed by atoms with Crippen molar-refractivity contribution in [3.63, 3.8) is 0 Å². The summed E-state index contributed by atoms with van der Waals surface area (Å²) in [5.41, 5.74) is 1.20. The highest BCUT2D eigenvalue weighted by Gasteiger charge is 2.38. The van der Waals surface area contributed by atoms with Gasteiger partial charge in [0.25, 0.3) is 0 Å². The van der Waals surface area contributed by atoms with Crippen molar-refractivity contribution in [1.82, 2.24) is 9.80 Å². The van der Waals surface area contributed by atoms with E-state index in [9.17, 15) is 9.18 Å². The van der Waals surface area contributed by atoms with Gasteiger partial charge < -0.3 is 19.1 Å². The SMILES string of the molecule is CC(C)(C)OC(=O)N1CCN(C2c3ccccc3OCC2OCc2cc(F)cc(Cl)c2)CC1. The van der Waals surface area contributed by atoms with E-state index in [1.165, 1.54) is 12.1 Å². The third kappa shape index (κ3) is 5.96. The van der Waals surface area contributed by atoms with Crippen LogP contribution in [0.15, 0.2) is 42.5 Å². The lowest BCUT2D eigenvalue weighted by molar-refractivity contribution is -0.0691. The van der Waals surface area contributed by atoms with E-state index in [0.717, 1.165) is 11.3 Å². The van der Waals surface area contributed by atoms with Gasteiger partial charge in [0.2, 0.25) is 0 Å². The number of para-hydroxylation sites is 1. The van der Waals surface area contributed by atoms with Crippen molar-refractivity contribution in [2.75, 3.05) is 32.8 Å². The number of amides is 1. The molecule has 0 aromatic heterocycles. The van der Waals surface area contributed by atoms with Gasteiger partial charge in [-0.1, -0.05) is 29.8 Å². The Morgan fingerprint density at radius 1 is 1.15 bits per heavy atom. The maximum atomic E-state index is 13.7. The molecule has 0 spiro atoms. The van der Waals surface area contributed by atoms with Crippen LogP contribution in [0.4, 0.5) is 9.18 Å². The van der Waals surface area contributed by atoms with E-state index in [-0.39, 0.29) is 30.7 Å². The number of ether oxygens (including phenoxy) is 3. The number of halogens is 2. The molecule has 2 aliphatic rings. The molecule has 0 N–H and O–H groups in total. The molecule has 1 fully saturated rings. The van der Waals surface area contributed by atoms with Gasteiger partial charge in [0, 0.05) is 36.8 Å². The molecule has 6 nitrogen and oxygen atoms in total. The molecule has 1 saturated heterocycles. The number of hydrogen-bond donors (Lipinski definition) is 0. The maximum Gasteiger partial charge on any atom is 0.410 e. The second-order valence-corrected chi connectivity index (χ2v) is 9.86. The van der Waals surface area contributed by atoms with E-state index in [1.807, 2.05) is 39.0 Å². The second-order valence-electron chi connectivity index (χ2n) is 9.42. The third-order valence-electron chi connectivity index (χ3n) is 5.74. The van der Waals surface area contributed by atoms with Crippen LogP contribution in [0.25, 0.3) is 0 Å². The van der Waals surface area contributed by atoms with Crippen molar-refractivity contribution >= 4 is 17.7 Å². The number of carbonyl (C=O) groups excluding carboxylic acids is 1. The van der Waals surface area contributed by atoms with Gasteiger partial charge >= 0.3 is 6.09 Å². The Labute approximate surface area is 199 Å². The zero-order chi connectivity index (χ0) is 23.6. The van der Waals surface area contributed by atoms with Gasteiger partial charge in [-0.15, -0.1) is 0 Å². The van der Waals surface area contributed by atoms with E-state index in [2.05, 4.69) is 11.0 Å². The predicted octanol–water partition coefficient (Wildman–Crippen LogP) is 5.05. The first-order valence-electron chi connectivity index (χ1n) is 11.2. The Morgan fingerprint density at radius 2 is 1.88 bits per heavy atom. The molecule has 178 valence electrons. The van der Waals surface area contributed by atoms with Gasteiger partial charge in [0.05, 0.1) is 12.6 Å². The Balaban J connectivity index is 1.47. The monoisotopic (exact) mass is 476 g/mol. The van der Waals surface area contributed by atoms with E-state index < -0.39 is 5.60 Å². The van der Waals surface area contributed by atoms with Crippen molar-refractivity contribution in [1.29, 1.82) is 0 Å². The van der Waals surface area contributed by atoms with Crippen LogP contribution in [0, 0.1) is 5.82 Å². The molecular weight excluding hydrogens is 447 g/mol. The summed E-state index contributed by atoms with van der Waals surface area (Å²) >= 11 is 6.00. The second kappa shape index (κ2) is 9.87. The van der Waals surface area contributed by atoms with Crippen molar-refractivity contribution in [2.45, 2.75) is 45.1 Å². The lowest BCUT2D eigenvalue weighted by atomic mass is 9.95. The molecule has 0 saturated carbocycles. The Bertz CT molecular complexity index is 968. The van der Waals surface area contributed by atoms with Crippen molar-refractivity contribution in [2.24, 2.45) is 0 Å². The lowest BCUT2D eigenvalue weighted by Crippen LogP contribution is -2.54. The highest BCUT2D eigenvalue weighted by molar-refractivity contribution is 6.30. The van der Waals surface area contributed by atoms with Crippen LogP contribution in [0.1, 0.15) is 37.9 Å². The van der Waals surface area contributed by atoms with Gasteiger partial charge in [-0.2, -0.15) is 0 Å². The molecule has 2 aromatic rings. The standard InChI is InChI=1S/C25H30ClFN2O4/c1-25(2,3)33-24(30)29-10-8-28(9-11-29)23-20-6-4-5-7-21(20)32-16-22(23)31-15-17-12-18(26)14-19(27)13-17/h4-7,12-14,22-23H,8-11,15-16H2,1-3H3. The van der Waals surface area contributed by atoms with Gasteiger partial charge in [0.1, 0.15) is 29.9 Å². The molecular formula is C25H30ClFN2O4. The first-order chi connectivity index (χ1) is 15.7. The van der Waals surface area contributed by atoms with Crippen LogP contribution in [0.2, 0.25) is 5.02 Å². The predicted molar refractivity (Wildman–Crippen MR) is 124 cm³/mol. The number of fused-ring (bicyclic) bond motifs is 1. The maximum absolute atomic E-state index is 13.7. The molecule has 2 unspecified atom stereocenters. The normalized spacial score (nSPS) is 21.3. The molecule has 2 aromatic carbocycles. The fourth-order valence-electron chi connectivity index (χ4n) is 4.30. The minimum absolute atomic E-state index is 0.0419. The van der Waals surface area contributed by atoms with E-state index in [1.54, 1.807) is 11.0 Å². The smallest absolute Gasteiger partial charge is 0.410 e. The molecule has 2 aliphatic heterocycles. The molecule has 33 heavy (non-hydrogen) atoms. The fraction of sp³-hybridized carbons (Fsp3) is 0.480. The number of rotatable bonds is 4. The largest absolute Gasteiger partial charge is 0.490 e. The van der Waals surface area contributed by atoms with E-state index in [4.69, 9.17) is 25.8 Å². The van der Waals surface area contributed by atoms with Gasteiger partial charge in [-0.25, -0.2) is 9.18 Å². The molecule has 2 heterocycles. The quantitative estimate of drug-likeness (QED) is 0.618. The highest BCUT2D eigenvalue weighted by atomic mass is 35.5. The van der Waals surface area contributed by atoms with Crippen molar-refractivity contribution in [3.05, 3.63) is 64.4 Å². The van der Waals surface area contributed by atoms with E-state index in [0.29, 0.717) is 43.4 Å².